The Morgan fingerprint density at radius 3 is 2.62 bits per heavy atom. The number of nitrogens with one attached hydrogen (secondary N) is 1. The zero-order valence-electron chi connectivity index (χ0n) is 14.1. The van der Waals surface area contributed by atoms with Crippen molar-refractivity contribution < 1.29 is 10.2 Å². The summed E-state index contributed by atoms with van der Waals surface area (Å²) < 4.78 is 2.19. The van der Waals surface area contributed by atoms with Crippen molar-refractivity contribution >= 4 is 23.0 Å². The maximum absolute atomic E-state index is 10.5. The third-order valence-electron chi connectivity index (χ3n) is 4.50. The molecular weight excluding hydrogens is 346 g/mol. The van der Waals surface area contributed by atoms with Crippen LogP contribution in [0.1, 0.15) is 12.5 Å². The van der Waals surface area contributed by atoms with Crippen molar-refractivity contribution in [3.8, 4) is 28.6 Å². The smallest absolute Gasteiger partial charge is 0.200 e. The molecule has 6 heteroatoms. The molecule has 0 aliphatic rings. The Morgan fingerprint density at radius 2 is 1.81 bits per heavy atom. The van der Waals surface area contributed by atoms with Crippen molar-refractivity contribution in [3.63, 3.8) is 0 Å². The van der Waals surface area contributed by atoms with E-state index < -0.39 is 0 Å². The van der Waals surface area contributed by atoms with Gasteiger partial charge >= 0.3 is 0 Å². The van der Waals surface area contributed by atoms with Crippen molar-refractivity contribution in [1.29, 1.82) is 0 Å². The van der Waals surface area contributed by atoms with Crippen LogP contribution in [-0.4, -0.2) is 25.0 Å². The molecule has 0 fully saturated rings. The van der Waals surface area contributed by atoms with E-state index in [1.54, 1.807) is 10.6 Å². The number of aryl methyl sites for hydroxylation is 1. The molecule has 0 bridgehead atoms. The number of hydrogen-bond donors (Lipinski definition) is 3. The highest BCUT2D eigenvalue weighted by Crippen LogP contribution is 2.36. The summed E-state index contributed by atoms with van der Waals surface area (Å²) in [4.78, 5) is 0. The lowest BCUT2D eigenvalue weighted by Crippen LogP contribution is -1.99. The Balaban J connectivity index is 2.01. The highest BCUT2D eigenvalue weighted by Gasteiger charge is 2.18. The predicted octanol–water partition coefficient (Wildman–Crippen LogP) is 4.72. The lowest BCUT2D eigenvalue weighted by atomic mass is 10.1. The van der Waals surface area contributed by atoms with Gasteiger partial charge in [0, 0.05) is 5.39 Å². The third-order valence-corrected chi connectivity index (χ3v) is 4.77. The van der Waals surface area contributed by atoms with Crippen LogP contribution >= 0.6 is 12.2 Å². The molecule has 0 radical (unpaired) electrons. The van der Waals surface area contributed by atoms with Crippen LogP contribution in [0.4, 0.5) is 0 Å². The number of H-pyrrole nitrogens is 1. The Kier molecular flexibility index (Phi) is 3.97. The van der Waals surface area contributed by atoms with Gasteiger partial charge in [0.1, 0.15) is 11.5 Å². The normalized spacial score (nSPS) is 11.1. The molecule has 0 aliphatic heterocycles. The Bertz CT molecular complexity index is 1170. The standard InChI is InChI=1S/C20H17N3O2S/c1-2-12-10-18(25)15(11-17(12)24)19-21-22-20(26)23(19)16-9-5-7-13-6-3-4-8-14(13)16/h3-11,24-25H,2H2,1H3,(H,22,26). The van der Waals surface area contributed by atoms with Crippen molar-refractivity contribution in [2.24, 2.45) is 0 Å². The Labute approximate surface area is 155 Å². The molecule has 0 saturated carbocycles. The lowest BCUT2D eigenvalue weighted by molar-refractivity contribution is 0.456. The van der Waals surface area contributed by atoms with Gasteiger partial charge in [-0.3, -0.25) is 9.67 Å². The first kappa shape index (κ1) is 16.4. The van der Waals surface area contributed by atoms with E-state index in [0.717, 1.165) is 16.5 Å². The fraction of sp³-hybridized carbons (Fsp3) is 0.100. The molecule has 1 aromatic heterocycles. The molecule has 5 nitrogen and oxygen atoms in total. The van der Waals surface area contributed by atoms with Gasteiger partial charge in [-0.1, -0.05) is 43.3 Å². The average molecular weight is 363 g/mol. The molecule has 3 aromatic carbocycles. The second-order valence-corrected chi connectivity index (χ2v) is 6.42. The average Bonchev–Trinajstić information content (AvgIpc) is 3.03. The summed E-state index contributed by atoms with van der Waals surface area (Å²) in [6.07, 6.45) is 0.621. The molecule has 26 heavy (non-hydrogen) atoms. The highest BCUT2D eigenvalue weighted by atomic mass is 32.1. The number of fused-ring (bicyclic) bond motifs is 1. The molecule has 0 atom stereocenters. The number of hydrogen-bond acceptors (Lipinski definition) is 4. The number of phenolic OH excluding ortho intramolecular Hbond substituents is 2. The molecule has 0 unspecified atom stereocenters. The number of benzene rings is 3. The number of nitrogens with zero attached hydrogens (tertiary/aromatic N) is 2. The predicted molar refractivity (Wildman–Crippen MR) is 104 cm³/mol. The SMILES string of the molecule is CCc1cc(O)c(-c2n[nH]c(=S)n2-c2cccc3ccccc23)cc1O. The van der Waals surface area contributed by atoms with Crippen LogP contribution in [0.2, 0.25) is 0 Å². The maximum atomic E-state index is 10.5. The molecule has 3 N–H and O–H groups in total. The monoisotopic (exact) mass is 363 g/mol. The van der Waals surface area contributed by atoms with Crippen LogP contribution < -0.4 is 0 Å². The minimum atomic E-state index is 0.0511. The summed E-state index contributed by atoms with van der Waals surface area (Å²) >= 11 is 5.44. The third kappa shape index (κ3) is 2.55. The summed E-state index contributed by atoms with van der Waals surface area (Å²) in [5, 5.41) is 29.9. The largest absolute Gasteiger partial charge is 0.508 e. The number of aromatic hydroxyl groups is 2. The molecule has 0 saturated heterocycles. The molecule has 0 amide bonds. The molecule has 130 valence electrons. The van der Waals surface area contributed by atoms with Crippen LogP contribution in [0.15, 0.2) is 54.6 Å². The van der Waals surface area contributed by atoms with Crippen molar-refractivity contribution in [2.75, 3.05) is 0 Å². The molecule has 0 spiro atoms. The van der Waals surface area contributed by atoms with Crippen molar-refractivity contribution in [3.05, 3.63) is 64.9 Å². The van der Waals surface area contributed by atoms with Gasteiger partial charge in [-0.25, -0.2) is 0 Å². The fourth-order valence-electron chi connectivity index (χ4n) is 3.19. The van der Waals surface area contributed by atoms with Gasteiger partial charge < -0.3 is 10.2 Å². The zero-order chi connectivity index (χ0) is 18.3. The van der Waals surface area contributed by atoms with Gasteiger partial charge in [0.2, 0.25) is 0 Å². The molecule has 0 aliphatic carbocycles. The van der Waals surface area contributed by atoms with Crippen LogP contribution in [-0.2, 0) is 6.42 Å². The topological polar surface area (TPSA) is 74.1 Å². The Hall–Kier alpha value is -3.12. The molecular formula is C20H17N3O2S. The quantitative estimate of drug-likeness (QED) is 0.364. The summed E-state index contributed by atoms with van der Waals surface area (Å²) in [6.45, 7) is 1.92. The summed E-state index contributed by atoms with van der Waals surface area (Å²) in [6, 6.07) is 17.0. The van der Waals surface area contributed by atoms with E-state index in [-0.39, 0.29) is 11.5 Å². The van der Waals surface area contributed by atoms with E-state index >= 15 is 0 Å². The second-order valence-electron chi connectivity index (χ2n) is 6.04. The number of aromatic amines is 1. The van der Waals surface area contributed by atoms with Crippen molar-refractivity contribution in [2.45, 2.75) is 13.3 Å². The van der Waals surface area contributed by atoms with Gasteiger partial charge in [0.05, 0.1) is 11.3 Å². The van der Waals surface area contributed by atoms with Gasteiger partial charge in [-0.15, -0.1) is 0 Å². The van der Waals surface area contributed by atoms with E-state index in [0.29, 0.717) is 28.1 Å². The molecule has 4 aromatic rings. The minimum absolute atomic E-state index is 0.0511. The lowest BCUT2D eigenvalue weighted by Gasteiger charge is -2.12. The maximum Gasteiger partial charge on any atom is 0.200 e. The zero-order valence-corrected chi connectivity index (χ0v) is 14.9. The summed E-state index contributed by atoms with van der Waals surface area (Å²) in [5.74, 6) is 0.621. The van der Waals surface area contributed by atoms with E-state index in [2.05, 4.69) is 10.2 Å². The highest BCUT2D eigenvalue weighted by molar-refractivity contribution is 7.71. The summed E-state index contributed by atoms with van der Waals surface area (Å²) in [7, 11) is 0. The minimum Gasteiger partial charge on any atom is -0.508 e. The fourth-order valence-corrected chi connectivity index (χ4v) is 3.42. The molecule has 4 rings (SSSR count). The van der Waals surface area contributed by atoms with Crippen molar-refractivity contribution in [1.82, 2.24) is 14.8 Å². The van der Waals surface area contributed by atoms with E-state index in [9.17, 15) is 10.2 Å². The first-order valence-electron chi connectivity index (χ1n) is 8.31. The van der Waals surface area contributed by atoms with Gasteiger partial charge in [0.25, 0.3) is 0 Å². The van der Waals surface area contributed by atoms with Crippen LogP contribution in [0, 0.1) is 4.77 Å². The van der Waals surface area contributed by atoms with Crippen LogP contribution in [0.3, 0.4) is 0 Å². The molecule has 1 heterocycles. The van der Waals surface area contributed by atoms with Gasteiger partial charge in [-0.05, 0) is 47.8 Å². The first-order chi connectivity index (χ1) is 12.6. The van der Waals surface area contributed by atoms with Gasteiger partial charge in [-0.2, -0.15) is 5.10 Å². The van der Waals surface area contributed by atoms with E-state index in [4.69, 9.17) is 12.2 Å². The van der Waals surface area contributed by atoms with Crippen LogP contribution in [0.5, 0.6) is 11.5 Å². The summed E-state index contributed by atoms with van der Waals surface area (Å²) in [5.41, 5.74) is 1.95. The van der Waals surface area contributed by atoms with Gasteiger partial charge in [0.15, 0.2) is 10.6 Å². The number of rotatable bonds is 3. The Morgan fingerprint density at radius 1 is 1.04 bits per heavy atom. The van der Waals surface area contributed by atoms with Crippen LogP contribution in [0.25, 0.3) is 27.8 Å². The number of phenols is 2. The second kappa shape index (κ2) is 6.31. The number of aromatic nitrogens is 3. The van der Waals surface area contributed by atoms with E-state index in [1.807, 2.05) is 49.4 Å². The first-order valence-corrected chi connectivity index (χ1v) is 8.71. The van der Waals surface area contributed by atoms with E-state index in [1.165, 1.54) is 6.07 Å².